The SMILES string of the molecule is CN(Cc1cccs1)c1ccc(CCN)cc1. The maximum Gasteiger partial charge on any atom is 0.0519 e. The average molecular weight is 246 g/mol. The zero-order chi connectivity index (χ0) is 12.1. The molecule has 0 saturated heterocycles. The van der Waals surface area contributed by atoms with Crippen molar-refractivity contribution in [1.82, 2.24) is 0 Å². The van der Waals surface area contributed by atoms with Crippen molar-refractivity contribution in [3.63, 3.8) is 0 Å². The fraction of sp³-hybridized carbons (Fsp3) is 0.286. The Morgan fingerprint density at radius 2 is 1.94 bits per heavy atom. The summed E-state index contributed by atoms with van der Waals surface area (Å²) < 4.78 is 0. The first-order valence-electron chi connectivity index (χ1n) is 5.82. The Bertz CT molecular complexity index is 434. The normalized spacial score (nSPS) is 10.5. The minimum Gasteiger partial charge on any atom is -0.369 e. The van der Waals surface area contributed by atoms with Crippen LogP contribution < -0.4 is 10.6 Å². The van der Waals surface area contributed by atoms with Crippen LogP contribution in [0.1, 0.15) is 10.4 Å². The van der Waals surface area contributed by atoms with E-state index in [1.807, 2.05) is 0 Å². The van der Waals surface area contributed by atoms with Crippen molar-refractivity contribution in [2.45, 2.75) is 13.0 Å². The molecular formula is C14H18N2S. The number of anilines is 1. The van der Waals surface area contributed by atoms with Gasteiger partial charge in [0.05, 0.1) is 6.54 Å². The van der Waals surface area contributed by atoms with Gasteiger partial charge in [-0.2, -0.15) is 0 Å². The molecule has 3 heteroatoms. The Kier molecular flexibility index (Phi) is 4.18. The van der Waals surface area contributed by atoms with Crippen molar-refractivity contribution < 1.29 is 0 Å². The van der Waals surface area contributed by atoms with Crippen LogP contribution in [0.25, 0.3) is 0 Å². The number of benzene rings is 1. The van der Waals surface area contributed by atoms with Crippen LogP contribution in [0.2, 0.25) is 0 Å². The quantitative estimate of drug-likeness (QED) is 0.879. The molecule has 1 aromatic carbocycles. The lowest BCUT2D eigenvalue weighted by molar-refractivity contribution is 0.934. The van der Waals surface area contributed by atoms with Crippen LogP contribution in [0.4, 0.5) is 5.69 Å². The first-order valence-corrected chi connectivity index (χ1v) is 6.70. The number of hydrogen-bond acceptors (Lipinski definition) is 3. The highest BCUT2D eigenvalue weighted by molar-refractivity contribution is 7.09. The van der Waals surface area contributed by atoms with E-state index in [9.17, 15) is 0 Å². The molecule has 0 atom stereocenters. The predicted octanol–water partition coefficient (Wildman–Crippen LogP) is 2.89. The summed E-state index contributed by atoms with van der Waals surface area (Å²) in [6.07, 6.45) is 0.953. The molecule has 2 nitrogen and oxygen atoms in total. The molecule has 1 heterocycles. The third-order valence-corrected chi connectivity index (χ3v) is 3.64. The van der Waals surface area contributed by atoms with E-state index in [4.69, 9.17) is 5.73 Å². The van der Waals surface area contributed by atoms with E-state index in [1.54, 1.807) is 11.3 Å². The second-order valence-electron chi connectivity index (χ2n) is 4.14. The molecular weight excluding hydrogens is 228 g/mol. The van der Waals surface area contributed by atoms with Gasteiger partial charge < -0.3 is 10.6 Å². The topological polar surface area (TPSA) is 29.3 Å². The lowest BCUT2D eigenvalue weighted by Crippen LogP contribution is -2.15. The molecule has 0 aliphatic carbocycles. The van der Waals surface area contributed by atoms with Gasteiger partial charge in [0.15, 0.2) is 0 Å². The van der Waals surface area contributed by atoms with Crippen LogP contribution >= 0.6 is 11.3 Å². The number of nitrogens with zero attached hydrogens (tertiary/aromatic N) is 1. The van der Waals surface area contributed by atoms with E-state index in [1.165, 1.54) is 16.1 Å². The molecule has 1 aromatic heterocycles. The number of rotatable bonds is 5. The van der Waals surface area contributed by atoms with Gasteiger partial charge in [-0.3, -0.25) is 0 Å². The van der Waals surface area contributed by atoms with Crippen LogP contribution in [0.15, 0.2) is 41.8 Å². The van der Waals surface area contributed by atoms with Gasteiger partial charge in [0.2, 0.25) is 0 Å². The molecule has 0 unspecified atom stereocenters. The highest BCUT2D eigenvalue weighted by Crippen LogP contribution is 2.18. The maximum atomic E-state index is 5.54. The zero-order valence-corrected chi connectivity index (χ0v) is 10.9. The van der Waals surface area contributed by atoms with E-state index < -0.39 is 0 Å². The summed E-state index contributed by atoms with van der Waals surface area (Å²) in [7, 11) is 2.12. The summed E-state index contributed by atoms with van der Waals surface area (Å²) in [6, 6.07) is 12.9. The Balaban J connectivity index is 2.01. The zero-order valence-electron chi connectivity index (χ0n) is 10.1. The van der Waals surface area contributed by atoms with Crippen molar-refractivity contribution in [2.75, 3.05) is 18.5 Å². The lowest BCUT2D eigenvalue weighted by atomic mass is 10.1. The summed E-state index contributed by atoms with van der Waals surface area (Å²) >= 11 is 1.80. The highest BCUT2D eigenvalue weighted by Gasteiger charge is 2.02. The molecule has 0 aliphatic rings. The van der Waals surface area contributed by atoms with Gasteiger partial charge in [0.1, 0.15) is 0 Å². The van der Waals surface area contributed by atoms with Gasteiger partial charge in [0.25, 0.3) is 0 Å². The second-order valence-corrected chi connectivity index (χ2v) is 5.17. The fourth-order valence-corrected chi connectivity index (χ4v) is 2.57. The number of nitrogens with two attached hydrogens (primary N) is 1. The summed E-state index contributed by atoms with van der Waals surface area (Å²) in [5.74, 6) is 0. The summed E-state index contributed by atoms with van der Waals surface area (Å²) in [4.78, 5) is 3.65. The average Bonchev–Trinajstić information content (AvgIpc) is 2.83. The molecule has 2 rings (SSSR count). The van der Waals surface area contributed by atoms with Crippen molar-refractivity contribution in [1.29, 1.82) is 0 Å². The molecule has 0 fully saturated rings. The molecule has 0 spiro atoms. The molecule has 0 amide bonds. The molecule has 2 N–H and O–H groups in total. The summed E-state index contributed by atoms with van der Waals surface area (Å²) in [5.41, 5.74) is 8.10. The van der Waals surface area contributed by atoms with Crippen molar-refractivity contribution in [3.8, 4) is 0 Å². The third-order valence-electron chi connectivity index (χ3n) is 2.78. The highest BCUT2D eigenvalue weighted by atomic mass is 32.1. The van der Waals surface area contributed by atoms with Gasteiger partial charge in [-0.15, -0.1) is 11.3 Å². The van der Waals surface area contributed by atoms with Crippen molar-refractivity contribution >= 4 is 17.0 Å². The summed E-state index contributed by atoms with van der Waals surface area (Å²) in [5, 5.41) is 2.12. The van der Waals surface area contributed by atoms with Crippen LogP contribution in [0, 0.1) is 0 Å². The van der Waals surface area contributed by atoms with Crippen LogP contribution in [-0.2, 0) is 13.0 Å². The van der Waals surface area contributed by atoms with E-state index in [-0.39, 0.29) is 0 Å². The standard InChI is InChI=1S/C14H18N2S/c1-16(11-14-3-2-10-17-14)13-6-4-12(5-7-13)8-9-15/h2-7,10H,8-9,11,15H2,1H3. The molecule has 17 heavy (non-hydrogen) atoms. The molecule has 0 radical (unpaired) electrons. The fourth-order valence-electron chi connectivity index (χ4n) is 1.81. The lowest BCUT2D eigenvalue weighted by Gasteiger charge is -2.18. The van der Waals surface area contributed by atoms with E-state index in [0.29, 0.717) is 6.54 Å². The second kappa shape index (κ2) is 5.84. The summed E-state index contributed by atoms with van der Waals surface area (Å²) in [6.45, 7) is 1.68. The van der Waals surface area contributed by atoms with E-state index in [2.05, 4.69) is 53.7 Å². The van der Waals surface area contributed by atoms with Gasteiger partial charge >= 0.3 is 0 Å². The smallest absolute Gasteiger partial charge is 0.0519 e. The van der Waals surface area contributed by atoms with Gasteiger partial charge in [-0.1, -0.05) is 18.2 Å². The first-order chi connectivity index (χ1) is 8.29. The number of hydrogen-bond donors (Lipinski definition) is 1. The molecule has 0 bridgehead atoms. The first kappa shape index (κ1) is 12.1. The van der Waals surface area contributed by atoms with Crippen LogP contribution in [-0.4, -0.2) is 13.6 Å². The molecule has 0 saturated carbocycles. The van der Waals surface area contributed by atoms with E-state index >= 15 is 0 Å². The minimum absolute atomic E-state index is 0.713. The predicted molar refractivity (Wildman–Crippen MR) is 75.6 cm³/mol. The third kappa shape index (κ3) is 3.32. The van der Waals surface area contributed by atoms with Gasteiger partial charge in [0, 0.05) is 17.6 Å². The van der Waals surface area contributed by atoms with E-state index in [0.717, 1.165) is 13.0 Å². The molecule has 0 aliphatic heterocycles. The maximum absolute atomic E-state index is 5.54. The Hall–Kier alpha value is -1.32. The van der Waals surface area contributed by atoms with Crippen molar-refractivity contribution in [3.05, 3.63) is 52.2 Å². The Morgan fingerprint density at radius 1 is 1.18 bits per heavy atom. The van der Waals surface area contributed by atoms with Gasteiger partial charge in [-0.25, -0.2) is 0 Å². The monoisotopic (exact) mass is 246 g/mol. The number of thiophene rings is 1. The Labute approximate surface area is 107 Å². The van der Waals surface area contributed by atoms with Crippen LogP contribution in [0.3, 0.4) is 0 Å². The van der Waals surface area contributed by atoms with Crippen molar-refractivity contribution in [2.24, 2.45) is 5.73 Å². The van der Waals surface area contributed by atoms with Crippen LogP contribution in [0.5, 0.6) is 0 Å². The molecule has 90 valence electrons. The minimum atomic E-state index is 0.713. The van der Waals surface area contributed by atoms with Gasteiger partial charge in [-0.05, 0) is 42.1 Å². The Morgan fingerprint density at radius 3 is 2.53 bits per heavy atom. The molecule has 2 aromatic rings. The largest absolute Gasteiger partial charge is 0.369 e.